The Morgan fingerprint density at radius 1 is 1.09 bits per heavy atom. The fraction of sp³-hybridized carbons (Fsp3) is 0.875. The second-order valence-corrected chi connectivity index (χ2v) is 3.75. The van der Waals surface area contributed by atoms with E-state index in [1.54, 1.807) is 0 Å². The lowest BCUT2D eigenvalue weighted by Gasteiger charge is -2.19. The van der Waals surface area contributed by atoms with Crippen LogP contribution in [0.5, 0.6) is 0 Å². The molecule has 11 heavy (non-hydrogen) atoms. The molecule has 1 saturated heterocycles. The van der Waals surface area contributed by atoms with Crippen molar-refractivity contribution in [3.8, 4) is 0 Å². The molecule has 2 bridgehead atoms. The molecule has 3 fully saturated rings. The molecule has 0 aromatic heterocycles. The highest BCUT2D eigenvalue weighted by atomic mass is 16.8. The van der Waals surface area contributed by atoms with Crippen LogP contribution in [0.1, 0.15) is 19.3 Å². The lowest BCUT2D eigenvalue weighted by atomic mass is 9.95. The zero-order chi connectivity index (χ0) is 7.42. The third-order valence-corrected chi connectivity index (χ3v) is 3.23. The zero-order valence-corrected chi connectivity index (χ0v) is 6.16. The summed E-state index contributed by atoms with van der Waals surface area (Å²) in [5, 5.41) is 0. The summed E-state index contributed by atoms with van der Waals surface area (Å²) in [4.78, 5) is 10.7. The molecule has 2 aliphatic carbocycles. The Balaban J connectivity index is 1.92. The van der Waals surface area contributed by atoms with Crippen molar-refractivity contribution in [2.24, 2.45) is 11.8 Å². The van der Waals surface area contributed by atoms with Gasteiger partial charge in [-0.2, -0.15) is 0 Å². The van der Waals surface area contributed by atoms with Crippen LogP contribution in [0.2, 0.25) is 0 Å². The molecule has 60 valence electrons. The zero-order valence-electron chi connectivity index (χ0n) is 6.16. The molecule has 1 heterocycles. The van der Waals surface area contributed by atoms with Crippen molar-refractivity contribution in [3.63, 3.8) is 0 Å². The molecular formula is C8H10O3. The van der Waals surface area contributed by atoms with Gasteiger partial charge in [-0.25, -0.2) is 4.79 Å². The van der Waals surface area contributed by atoms with Crippen molar-refractivity contribution in [2.45, 2.75) is 31.5 Å². The van der Waals surface area contributed by atoms with Gasteiger partial charge >= 0.3 is 6.16 Å². The first kappa shape index (κ1) is 5.86. The highest BCUT2D eigenvalue weighted by Crippen LogP contribution is 2.49. The van der Waals surface area contributed by atoms with Crippen molar-refractivity contribution in [1.29, 1.82) is 0 Å². The first-order valence-electron chi connectivity index (χ1n) is 4.22. The largest absolute Gasteiger partial charge is 0.509 e. The third kappa shape index (κ3) is 0.613. The molecule has 0 radical (unpaired) electrons. The predicted molar refractivity (Wildman–Crippen MR) is 36.0 cm³/mol. The summed E-state index contributed by atoms with van der Waals surface area (Å²) in [6.07, 6.45) is 3.44. The van der Waals surface area contributed by atoms with Gasteiger partial charge in [-0.05, 0) is 19.3 Å². The van der Waals surface area contributed by atoms with Gasteiger partial charge in [0.25, 0.3) is 0 Å². The van der Waals surface area contributed by atoms with Gasteiger partial charge in [-0.1, -0.05) is 0 Å². The second-order valence-electron chi connectivity index (χ2n) is 3.75. The van der Waals surface area contributed by atoms with Crippen LogP contribution in [-0.4, -0.2) is 18.4 Å². The number of hydrogen-bond acceptors (Lipinski definition) is 3. The summed E-state index contributed by atoms with van der Waals surface area (Å²) >= 11 is 0. The average Bonchev–Trinajstić information content (AvgIpc) is 2.53. The van der Waals surface area contributed by atoms with E-state index in [1.807, 2.05) is 0 Å². The maximum atomic E-state index is 10.7. The monoisotopic (exact) mass is 154 g/mol. The summed E-state index contributed by atoms with van der Waals surface area (Å²) in [5.74, 6) is 1.22. The summed E-state index contributed by atoms with van der Waals surface area (Å²) in [6, 6.07) is 0. The topological polar surface area (TPSA) is 35.5 Å². The Morgan fingerprint density at radius 2 is 1.64 bits per heavy atom. The third-order valence-electron chi connectivity index (χ3n) is 3.23. The van der Waals surface area contributed by atoms with Crippen LogP contribution < -0.4 is 0 Å². The standard InChI is InChI=1S/C8H10O3/c9-8-10-6-4-1-2-5(3-4)7(6)11-8/h4-7H,1-3H2/t4-,5+,6?,7?. The van der Waals surface area contributed by atoms with Gasteiger partial charge in [0.2, 0.25) is 0 Å². The van der Waals surface area contributed by atoms with E-state index in [9.17, 15) is 4.79 Å². The maximum Gasteiger partial charge on any atom is 0.509 e. The molecule has 0 aromatic rings. The molecule has 4 atom stereocenters. The molecule has 3 aliphatic rings. The lowest BCUT2D eigenvalue weighted by Crippen LogP contribution is -2.28. The van der Waals surface area contributed by atoms with Crippen molar-refractivity contribution in [2.75, 3.05) is 0 Å². The van der Waals surface area contributed by atoms with E-state index >= 15 is 0 Å². The van der Waals surface area contributed by atoms with Gasteiger partial charge in [0.05, 0.1) is 0 Å². The second kappa shape index (κ2) is 1.71. The molecule has 2 saturated carbocycles. The van der Waals surface area contributed by atoms with E-state index in [0.29, 0.717) is 11.8 Å². The SMILES string of the molecule is O=C1OC2C(O1)[C@H]1CC[C@@H]2C1. The van der Waals surface area contributed by atoms with Crippen LogP contribution in [-0.2, 0) is 9.47 Å². The van der Waals surface area contributed by atoms with Crippen LogP contribution in [0.3, 0.4) is 0 Å². The highest BCUT2D eigenvalue weighted by molar-refractivity contribution is 5.63. The van der Waals surface area contributed by atoms with Gasteiger partial charge in [-0.3, -0.25) is 0 Å². The molecular weight excluding hydrogens is 144 g/mol. The molecule has 0 spiro atoms. The van der Waals surface area contributed by atoms with E-state index in [2.05, 4.69) is 0 Å². The molecule has 3 nitrogen and oxygen atoms in total. The van der Waals surface area contributed by atoms with Crippen LogP contribution in [0, 0.1) is 11.8 Å². The van der Waals surface area contributed by atoms with E-state index < -0.39 is 6.16 Å². The summed E-state index contributed by atoms with van der Waals surface area (Å²) in [7, 11) is 0. The summed E-state index contributed by atoms with van der Waals surface area (Å²) in [5.41, 5.74) is 0. The molecule has 0 N–H and O–H groups in total. The van der Waals surface area contributed by atoms with Crippen molar-refractivity contribution in [1.82, 2.24) is 0 Å². The van der Waals surface area contributed by atoms with Crippen molar-refractivity contribution in [3.05, 3.63) is 0 Å². The van der Waals surface area contributed by atoms with Gasteiger partial charge < -0.3 is 9.47 Å². The number of carbonyl (C=O) groups is 1. The van der Waals surface area contributed by atoms with Gasteiger partial charge in [0.1, 0.15) is 12.2 Å². The molecule has 0 aromatic carbocycles. The van der Waals surface area contributed by atoms with Gasteiger partial charge in [-0.15, -0.1) is 0 Å². The van der Waals surface area contributed by atoms with Crippen LogP contribution in [0.4, 0.5) is 4.79 Å². The highest BCUT2D eigenvalue weighted by Gasteiger charge is 2.55. The number of hydrogen-bond donors (Lipinski definition) is 0. The molecule has 2 unspecified atom stereocenters. The van der Waals surface area contributed by atoms with E-state index in [4.69, 9.17) is 9.47 Å². The first-order valence-corrected chi connectivity index (χ1v) is 4.22. The number of fused-ring (bicyclic) bond motifs is 5. The number of rotatable bonds is 0. The minimum atomic E-state index is -0.448. The first-order chi connectivity index (χ1) is 5.34. The van der Waals surface area contributed by atoms with E-state index in [1.165, 1.54) is 19.3 Å². The summed E-state index contributed by atoms with van der Waals surface area (Å²) < 4.78 is 10.1. The molecule has 0 amide bonds. The minimum absolute atomic E-state index is 0.112. The van der Waals surface area contributed by atoms with Crippen LogP contribution in [0.15, 0.2) is 0 Å². The van der Waals surface area contributed by atoms with Crippen molar-refractivity contribution < 1.29 is 14.3 Å². The number of carbonyl (C=O) groups excluding carboxylic acids is 1. The fourth-order valence-corrected chi connectivity index (χ4v) is 2.76. The van der Waals surface area contributed by atoms with Gasteiger partial charge in [0, 0.05) is 11.8 Å². The van der Waals surface area contributed by atoms with Gasteiger partial charge in [0.15, 0.2) is 0 Å². The predicted octanol–water partition coefficient (Wildman–Crippen LogP) is 1.32. The maximum absolute atomic E-state index is 10.7. The Labute approximate surface area is 64.7 Å². The quantitative estimate of drug-likeness (QED) is 0.493. The summed E-state index contributed by atoms with van der Waals surface area (Å²) in [6.45, 7) is 0. The minimum Gasteiger partial charge on any atom is -0.427 e. The number of ether oxygens (including phenoxy) is 2. The lowest BCUT2D eigenvalue weighted by molar-refractivity contribution is 0.100. The normalized spacial score (nSPS) is 52.2. The average molecular weight is 154 g/mol. The Bertz CT molecular complexity index is 193. The van der Waals surface area contributed by atoms with Crippen LogP contribution >= 0.6 is 0 Å². The molecule has 3 rings (SSSR count). The molecule has 1 aliphatic heterocycles. The Hall–Kier alpha value is -0.730. The molecule has 3 heteroatoms. The van der Waals surface area contributed by atoms with E-state index in [0.717, 1.165) is 0 Å². The smallest absolute Gasteiger partial charge is 0.427 e. The van der Waals surface area contributed by atoms with Crippen molar-refractivity contribution >= 4 is 6.16 Å². The van der Waals surface area contributed by atoms with Crippen LogP contribution in [0.25, 0.3) is 0 Å². The van der Waals surface area contributed by atoms with E-state index in [-0.39, 0.29) is 12.2 Å². The Kier molecular flexibility index (Phi) is 0.910. The fourth-order valence-electron chi connectivity index (χ4n) is 2.76. The Morgan fingerprint density at radius 3 is 2.18 bits per heavy atom.